The molecule has 24 heavy (non-hydrogen) atoms. The van der Waals surface area contributed by atoms with Crippen molar-refractivity contribution in [1.82, 2.24) is 14.8 Å². The maximum Gasteiger partial charge on any atom is 0.239 e. The van der Waals surface area contributed by atoms with Crippen LogP contribution in [0.1, 0.15) is 12.6 Å². The minimum atomic E-state index is -0.409. The second kappa shape index (κ2) is 8.58. The maximum atomic E-state index is 11.9. The highest BCUT2D eigenvalue weighted by Crippen LogP contribution is 2.24. The van der Waals surface area contributed by atoms with Gasteiger partial charge < -0.3 is 10.6 Å². The molecule has 2 heterocycles. The zero-order chi connectivity index (χ0) is 16.2. The van der Waals surface area contributed by atoms with Crippen LogP contribution in [0.3, 0.4) is 0 Å². The third-order valence-electron chi connectivity index (χ3n) is 4.03. The first-order chi connectivity index (χ1) is 11.1. The molecule has 2 N–H and O–H groups in total. The van der Waals surface area contributed by atoms with Crippen LogP contribution >= 0.6 is 23.7 Å². The summed E-state index contributed by atoms with van der Waals surface area (Å²) in [4.78, 5) is 20.8. The Bertz CT molecular complexity index is 654. The minimum absolute atomic E-state index is 0. The number of amides is 1. The van der Waals surface area contributed by atoms with Crippen LogP contribution in [0.2, 0.25) is 0 Å². The lowest BCUT2D eigenvalue weighted by molar-refractivity contribution is -0.134. The minimum Gasteiger partial charge on any atom is -0.339 e. The average Bonchev–Trinajstić information content (AvgIpc) is 3.04. The molecule has 1 unspecified atom stereocenters. The van der Waals surface area contributed by atoms with Gasteiger partial charge in [-0.1, -0.05) is 30.3 Å². The summed E-state index contributed by atoms with van der Waals surface area (Å²) in [7, 11) is 0. The van der Waals surface area contributed by atoms with Crippen LogP contribution in [0.25, 0.3) is 10.6 Å². The Balaban J connectivity index is 0.00000208. The maximum absolute atomic E-state index is 11.9. The van der Waals surface area contributed by atoms with Gasteiger partial charge in [-0.2, -0.15) is 0 Å². The number of carbonyl (C=O) groups is 1. The van der Waals surface area contributed by atoms with Crippen LogP contribution in [0.15, 0.2) is 35.7 Å². The molecule has 0 saturated carbocycles. The highest BCUT2D eigenvalue weighted by molar-refractivity contribution is 7.13. The fourth-order valence-corrected chi connectivity index (χ4v) is 3.55. The van der Waals surface area contributed by atoms with E-state index in [1.165, 1.54) is 0 Å². The number of hydrogen-bond acceptors (Lipinski definition) is 5. The average molecular weight is 367 g/mol. The molecule has 0 bridgehead atoms. The number of benzene rings is 1. The Kier molecular flexibility index (Phi) is 6.74. The molecule has 1 aromatic carbocycles. The number of aromatic nitrogens is 1. The van der Waals surface area contributed by atoms with Crippen LogP contribution in [0.4, 0.5) is 0 Å². The summed E-state index contributed by atoms with van der Waals surface area (Å²) < 4.78 is 0. The Morgan fingerprint density at radius 3 is 2.54 bits per heavy atom. The smallest absolute Gasteiger partial charge is 0.239 e. The monoisotopic (exact) mass is 366 g/mol. The van der Waals surface area contributed by atoms with Crippen molar-refractivity contribution >= 4 is 29.7 Å². The zero-order valence-electron chi connectivity index (χ0n) is 13.7. The van der Waals surface area contributed by atoms with Gasteiger partial charge in [-0.25, -0.2) is 4.98 Å². The van der Waals surface area contributed by atoms with Crippen LogP contribution in [0.5, 0.6) is 0 Å². The van der Waals surface area contributed by atoms with Gasteiger partial charge in [-0.3, -0.25) is 9.69 Å². The van der Waals surface area contributed by atoms with Crippen molar-refractivity contribution in [1.29, 1.82) is 0 Å². The molecule has 0 radical (unpaired) electrons. The molecule has 0 aliphatic carbocycles. The number of halogens is 1. The molecule has 130 valence electrons. The third kappa shape index (κ3) is 4.54. The number of nitrogens with two attached hydrogens (primary N) is 1. The lowest BCUT2D eigenvalue weighted by atomic mass is 10.2. The Hall–Kier alpha value is -1.47. The van der Waals surface area contributed by atoms with E-state index in [1.54, 1.807) is 18.3 Å². The number of hydrogen-bond donors (Lipinski definition) is 1. The Labute approximate surface area is 152 Å². The predicted octanol–water partition coefficient (Wildman–Crippen LogP) is 2.22. The van der Waals surface area contributed by atoms with Crippen molar-refractivity contribution in [2.24, 2.45) is 5.73 Å². The number of carbonyl (C=O) groups excluding carboxylic acids is 1. The van der Waals surface area contributed by atoms with E-state index < -0.39 is 6.04 Å². The summed E-state index contributed by atoms with van der Waals surface area (Å²) in [6.07, 6.45) is 0. The molecule has 1 aliphatic rings. The number of rotatable bonds is 4. The highest BCUT2D eigenvalue weighted by Gasteiger charge is 2.23. The first kappa shape index (κ1) is 18.9. The molecule has 2 aromatic rings. The summed E-state index contributed by atoms with van der Waals surface area (Å²) in [6.45, 7) is 5.82. The van der Waals surface area contributed by atoms with Crippen LogP contribution in [-0.4, -0.2) is 52.9 Å². The van der Waals surface area contributed by atoms with Crippen molar-refractivity contribution in [3.8, 4) is 10.6 Å². The van der Waals surface area contributed by atoms with Gasteiger partial charge in [0, 0.05) is 43.7 Å². The summed E-state index contributed by atoms with van der Waals surface area (Å²) in [6, 6.07) is 9.84. The van der Waals surface area contributed by atoms with Gasteiger partial charge in [0.25, 0.3) is 0 Å². The molecule has 1 atom stereocenters. The van der Waals surface area contributed by atoms with E-state index >= 15 is 0 Å². The van der Waals surface area contributed by atoms with Gasteiger partial charge in [0.1, 0.15) is 5.01 Å². The molecular formula is C17H23ClN4OS. The molecule has 1 aliphatic heterocycles. The van der Waals surface area contributed by atoms with E-state index in [0.29, 0.717) is 0 Å². The van der Waals surface area contributed by atoms with Gasteiger partial charge >= 0.3 is 0 Å². The molecule has 1 amide bonds. The fourth-order valence-electron chi connectivity index (χ4n) is 2.74. The third-order valence-corrected chi connectivity index (χ3v) is 4.97. The van der Waals surface area contributed by atoms with Crippen molar-refractivity contribution in [2.45, 2.75) is 19.5 Å². The zero-order valence-corrected chi connectivity index (χ0v) is 15.4. The molecule has 1 fully saturated rings. The van der Waals surface area contributed by atoms with E-state index in [9.17, 15) is 4.79 Å². The predicted molar refractivity (Wildman–Crippen MR) is 100 cm³/mol. The normalized spacial score (nSPS) is 16.5. The second-order valence-electron chi connectivity index (χ2n) is 5.90. The van der Waals surface area contributed by atoms with Crippen molar-refractivity contribution in [2.75, 3.05) is 26.2 Å². The van der Waals surface area contributed by atoms with Crippen molar-refractivity contribution in [3.05, 3.63) is 41.4 Å². The van der Waals surface area contributed by atoms with E-state index in [-0.39, 0.29) is 18.3 Å². The molecular weight excluding hydrogens is 344 g/mol. The van der Waals surface area contributed by atoms with Crippen LogP contribution in [0, 0.1) is 0 Å². The van der Waals surface area contributed by atoms with E-state index in [2.05, 4.69) is 22.4 Å². The van der Waals surface area contributed by atoms with Gasteiger partial charge in [0.05, 0.1) is 11.7 Å². The first-order valence-electron chi connectivity index (χ1n) is 7.90. The Morgan fingerprint density at radius 2 is 1.92 bits per heavy atom. The molecule has 3 rings (SSSR count). The van der Waals surface area contributed by atoms with Gasteiger partial charge in [-0.05, 0) is 6.92 Å². The quantitative estimate of drug-likeness (QED) is 0.901. The van der Waals surface area contributed by atoms with Gasteiger partial charge in [0.15, 0.2) is 0 Å². The topological polar surface area (TPSA) is 62.5 Å². The highest BCUT2D eigenvalue weighted by atomic mass is 35.5. The standard InChI is InChI=1S/C17H22N4OS.ClH/c1-13(18)17(22)21-9-7-20(8-10-21)11-15-12-23-16(19-15)14-5-3-2-4-6-14;/h2-6,12-13H,7-11,18H2,1H3;1H. The number of nitrogens with zero attached hydrogens (tertiary/aromatic N) is 3. The summed E-state index contributed by atoms with van der Waals surface area (Å²) in [5.74, 6) is 0.0460. The number of piperazine rings is 1. The summed E-state index contributed by atoms with van der Waals surface area (Å²) >= 11 is 1.68. The SMILES string of the molecule is CC(N)C(=O)N1CCN(Cc2csc(-c3ccccc3)n2)CC1.Cl. The van der Waals surface area contributed by atoms with E-state index in [1.807, 2.05) is 23.1 Å². The molecule has 7 heteroatoms. The molecule has 1 aromatic heterocycles. The van der Waals surface area contributed by atoms with Crippen LogP contribution < -0.4 is 5.73 Å². The fraction of sp³-hybridized carbons (Fsp3) is 0.412. The lowest BCUT2D eigenvalue weighted by Crippen LogP contribution is -2.52. The van der Waals surface area contributed by atoms with Crippen molar-refractivity contribution in [3.63, 3.8) is 0 Å². The van der Waals surface area contributed by atoms with E-state index in [4.69, 9.17) is 10.7 Å². The second-order valence-corrected chi connectivity index (χ2v) is 6.76. The van der Waals surface area contributed by atoms with Gasteiger partial charge in [-0.15, -0.1) is 23.7 Å². The van der Waals surface area contributed by atoms with E-state index in [0.717, 1.165) is 49.0 Å². The summed E-state index contributed by atoms with van der Waals surface area (Å²) in [5.41, 5.74) is 7.93. The van der Waals surface area contributed by atoms with Gasteiger partial charge in [0.2, 0.25) is 5.91 Å². The summed E-state index contributed by atoms with van der Waals surface area (Å²) in [5, 5.41) is 3.19. The number of thiazole rings is 1. The lowest BCUT2D eigenvalue weighted by Gasteiger charge is -2.35. The van der Waals surface area contributed by atoms with Crippen molar-refractivity contribution < 1.29 is 4.79 Å². The molecule has 1 saturated heterocycles. The molecule has 5 nitrogen and oxygen atoms in total. The van der Waals surface area contributed by atoms with Crippen LogP contribution in [-0.2, 0) is 11.3 Å². The first-order valence-corrected chi connectivity index (χ1v) is 8.78. The Morgan fingerprint density at radius 1 is 1.25 bits per heavy atom. The molecule has 0 spiro atoms. The largest absolute Gasteiger partial charge is 0.339 e.